The van der Waals surface area contributed by atoms with Crippen molar-refractivity contribution in [3.63, 3.8) is 0 Å². The maximum Gasteiger partial charge on any atom is 0.0561 e. The first-order valence-corrected chi connectivity index (χ1v) is 22.2. The van der Waals surface area contributed by atoms with Crippen LogP contribution in [0.4, 0.5) is 17.1 Å². The van der Waals surface area contributed by atoms with Crippen LogP contribution < -0.4 is 4.90 Å². The van der Waals surface area contributed by atoms with Gasteiger partial charge in [-0.1, -0.05) is 200 Å². The number of hydrogen-bond donors (Lipinski definition) is 0. The van der Waals surface area contributed by atoms with Gasteiger partial charge in [-0.3, -0.25) is 0 Å². The Kier molecular flexibility index (Phi) is 8.98. The van der Waals surface area contributed by atoms with Crippen molar-refractivity contribution in [1.82, 2.24) is 4.57 Å². The third-order valence-corrected chi connectivity index (χ3v) is 13.5. The second-order valence-electron chi connectivity index (χ2n) is 17.0. The lowest BCUT2D eigenvalue weighted by Gasteiger charge is -2.31. The van der Waals surface area contributed by atoms with Gasteiger partial charge in [-0.05, 0) is 111 Å². The second kappa shape index (κ2) is 15.3. The first kappa shape index (κ1) is 37.6. The van der Waals surface area contributed by atoms with E-state index in [0.29, 0.717) is 0 Å². The number of benzene rings is 10. The predicted octanol–water partition coefficient (Wildman–Crippen LogP) is 16.6. The van der Waals surface area contributed by atoms with Gasteiger partial charge in [0, 0.05) is 38.8 Å². The van der Waals surface area contributed by atoms with Gasteiger partial charge in [0.2, 0.25) is 0 Å². The zero-order chi connectivity index (χ0) is 42.6. The molecule has 11 aromatic rings. The maximum absolute atomic E-state index is 2.49. The molecule has 0 saturated carbocycles. The zero-order valence-electron chi connectivity index (χ0n) is 35.6. The summed E-state index contributed by atoms with van der Waals surface area (Å²) in [7, 11) is 0. The number of nitrogens with zero attached hydrogens (tertiary/aromatic N) is 2. The van der Waals surface area contributed by atoms with E-state index in [1.165, 1.54) is 71.9 Å². The molecule has 1 aliphatic rings. The Morgan fingerprint density at radius 1 is 0.344 bits per heavy atom. The van der Waals surface area contributed by atoms with E-state index in [0.717, 1.165) is 33.8 Å². The number of rotatable bonds is 8. The fourth-order valence-corrected chi connectivity index (χ4v) is 10.5. The number of para-hydroxylation sites is 3. The van der Waals surface area contributed by atoms with Gasteiger partial charge < -0.3 is 9.47 Å². The molecule has 0 fully saturated rings. The van der Waals surface area contributed by atoms with Crippen LogP contribution in [-0.4, -0.2) is 4.57 Å². The van der Waals surface area contributed by atoms with Gasteiger partial charge in [0.25, 0.3) is 0 Å². The lowest BCUT2D eigenvalue weighted by atomic mass is 9.74. The molecule has 0 bridgehead atoms. The van der Waals surface area contributed by atoms with Gasteiger partial charge in [0.15, 0.2) is 0 Å². The van der Waals surface area contributed by atoms with Crippen LogP contribution in [-0.2, 0) is 5.41 Å². The summed E-state index contributed by atoms with van der Waals surface area (Å²) >= 11 is 0. The quantitative estimate of drug-likeness (QED) is 0.148. The SMILES string of the molecule is CC1(c2ccccc2)c2ccccc2-c2cc(N(c3ccc4c5ccccc5n(-c5ccccc5)c4c3)c3ccccc3-c3ccccc3-c3ccccc3-c3ccccc3)ccc21. The molecule has 0 aliphatic heterocycles. The summed E-state index contributed by atoms with van der Waals surface area (Å²) in [4.78, 5) is 2.49. The molecule has 1 heterocycles. The topological polar surface area (TPSA) is 8.17 Å². The first-order chi connectivity index (χ1) is 31.7. The summed E-state index contributed by atoms with van der Waals surface area (Å²) < 4.78 is 2.41. The highest BCUT2D eigenvalue weighted by atomic mass is 15.1. The standard InChI is InChI=1S/C62H44N2/c1-62(44-23-7-3-8-24-44)57-34-18-15-31-52(57)56-41-46(38-40-58(56)62)63(47-37-39-55-54-33-17-20-36-60(54)64(61(55)42-47)45-25-9-4-10-26-45)59-35-19-16-32-53(59)51-30-14-13-29-50(51)49-28-12-11-27-48(49)43-21-5-2-6-22-43/h2-42H,1H3. The average molecular weight is 817 g/mol. The lowest BCUT2D eigenvalue weighted by molar-refractivity contribution is 0.714. The van der Waals surface area contributed by atoms with Crippen LogP contribution in [0.1, 0.15) is 23.6 Å². The van der Waals surface area contributed by atoms with Crippen LogP contribution in [0.3, 0.4) is 0 Å². The van der Waals surface area contributed by atoms with Gasteiger partial charge in [-0.15, -0.1) is 0 Å². The van der Waals surface area contributed by atoms with Crippen LogP contribution >= 0.6 is 0 Å². The average Bonchev–Trinajstić information content (AvgIpc) is 3.84. The van der Waals surface area contributed by atoms with E-state index in [1.807, 2.05) is 0 Å². The molecule has 2 nitrogen and oxygen atoms in total. The van der Waals surface area contributed by atoms with E-state index in [2.05, 4.69) is 265 Å². The third kappa shape index (κ3) is 5.95. The molecule has 0 radical (unpaired) electrons. The number of fused-ring (bicyclic) bond motifs is 6. The molecular weight excluding hydrogens is 773 g/mol. The molecule has 10 aromatic carbocycles. The van der Waals surface area contributed by atoms with Crippen molar-refractivity contribution in [3.8, 4) is 50.2 Å². The van der Waals surface area contributed by atoms with E-state index < -0.39 is 0 Å². The molecule has 1 atom stereocenters. The van der Waals surface area contributed by atoms with Crippen LogP contribution in [0.5, 0.6) is 0 Å². The summed E-state index contributed by atoms with van der Waals surface area (Å²) in [5.41, 5.74) is 20.1. The third-order valence-electron chi connectivity index (χ3n) is 13.5. The second-order valence-corrected chi connectivity index (χ2v) is 17.0. The van der Waals surface area contributed by atoms with Gasteiger partial charge in [0.05, 0.1) is 16.7 Å². The molecular formula is C62H44N2. The van der Waals surface area contributed by atoms with Gasteiger partial charge in [-0.2, -0.15) is 0 Å². The number of anilines is 3. The summed E-state index contributed by atoms with van der Waals surface area (Å²) in [6.07, 6.45) is 0. The molecule has 1 aromatic heterocycles. The van der Waals surface area contributed by atoms with E-state index in [9.17, 15) is 0 Å². The van der Waals surface area contributed by atoms with Crippen molar-refractivity contribution in [1.29, 1.82) is 0 Å². The minimum atomic E-state index is -0.297. The van der Waals surface area contributed by atoms with E-state index in [1.54, 1.807) is 0 Å². The summed E-state index contributed by atoms with van der Waals surface area (Å²) in [5.74, 6) is 0. The summed E-state index contributed by atoms with van der Waals surface area (Å²) in [5, 5.41) is 2.46. The number of hydrogen-bond acceptors (Lipinski definition) is 1. The Morgan fingerprint density at radius 2 is 0.844 bits per heavy atom. The molecule has 0 saturated heterocycles. The van der Waals surface area contributed by atoms with Crippen molar-refractivity contribution in [2.75, 3.05) is 4.90 Å². The summed E-state index contributed by atoms with van der Waals surface area (Å²) in [6.45, 7) is 2.39. The Labute approximate surface area is 374 Å². The fraction of sp³-hybridized carbons (Fsp3) is 0.0323. The molecule has 1 unspecified atom stereocenters. The van der Waals surface area contributed by atoms with Crippen molar-refractivity contribution in [2.24, 2.45) is 0 Å². The molecule has 0 N–H and O–H groups in total. The minimum absolute atomic E-state index is 0.297. The van der Waals surface area contributed by atoms with Crippen LogP contribution in [0.2, 0.25) is 0 Å². The Balaban J connectivity index is 1.12. The number of aromatic nitrogens is 1. The largest absolute Gasteiger partial charge is 0.310 e. The smallest absolute Gasteiger partial charge is 0.0561 e. The predicted molar refractivity (Wildman–Crippen MR) is 269 cm³/mol. The molecule has 302 valence electrons. The molecule has 0 spiro atoms. The molecule has 2 heteroatoms. The Bertz CT molecular complexity index is 3510. The molecule has 1 aliphatic carbocycles. The van der Waals surface area contributed by atoms with Crippen LogP contribution in [0.15, 0.2) is 249 Å². The normalized spacial score (nSPS) is 14.1. The van der Waals surface area contributed by atoms with Crippen LogP contribution in [0.25, 0.3) is 72.0 Å². The van der Waals surface area contributed by atoms with Gasteiger partial charge in [-0.25, -0.2) is 0 Å². The Morgan fingerprint density at radius 3 is 1.59 bits per heavy atom. The molecule has 64 heavy (non-hydrogen) atoms. The maximum atomic E-state index is 2.49. The van der Waals surface area contributed by atoms with Crippen molar-refractivity contribution in [3.05, 3.63) is 265 Å². The van der Waals surface area contributed by atoms with E-state index in [4.69, 9.17) is 0 Å². The van der Waals surface area contributed by atoms with Gasteiger partial charge >= 0.3 is 0 Å². The van der Waals surface area contributed by atoms with Gasteiger partial charge in [0.1, 0.15) is 0 Å². The van der Waals surface area contributed by atoms with Crippen LogP contribution in [0, 0.1) is 0 Å². The summed E-state index contributed by atoms with van der Waals surface area (Å²) in [6, 6.07) is 91.1. The lowest BCUT2D eigenvalue weighted by Crippen LogP contribution is -2.22. The van der Waals surface area contributed by atoms with E-state index >= 15 is 0 Å². The Hall–Kier alpha value is -8.20. The van der Waals surface area contributed by atoms with Crippen molar-refractivity contribution >= 4 is 38.9 Å². The highest BCUT2D eigenvalue weighted by molar-refractivity contribution is 6.11. The van der Waals surface area contributed by atoms with Crippen molar-refractivity contribution in [2.45, 2.75) is 12.3 Å². The monoisotopic (exact) mass is 816 g/mol. The first-order valence-electron chi connectivity index (χ1n) is 22.2. The molecule has 0 amide bonds. The molecule has 12 rings (SSSR count). The van der Waals surface area contributed by atoms with Crippen molar-refractivity contribution < 1.29 is 0 Å². The zero-order valence-corrected chi connectivity index (χ0v) is 35.6. The van der Waals surface area contributed by atoms with E-state index in [-0.39, 0.29) is 5.41 Å². The fourth-order valence-electron chi connectivity index (χ4n) is 10.5. The highest BCUT2D eigenvalue weighted by Crippen LogP contribution is 2.54. The highest BCUT2D eigenvalue weighted by Gasteiger charge is 2.41. The minimum Gasteiger partial charge on any atom is -0.310 e.